The van der Waals surface area contributed by atoms with Gasteiger partial charge in [-0.2, -0.15) is 5.10 Å². The summed E-state index contributed by atoms with van der Waals surface area (Å²) in [6.07, 6.45) is 9.09. The number of rotatable bonds is 4. The van der Waals surface area contributed by atoms with Crippen LogP contribution in [0.4, 0.5) is 5.69 Å². The summed E-state index contributed by atoms with van der Waals surface area (Å²) in [5, 5.41) is 4.16. The summed E-state index contributed by atoms with van der Waals surface area (Å²) < 4.78 is 1.76. The van der Waals surface area contributed by atoms with Crippen LogP contribution in [-0.2, 0) is 12.6 Å². The van der Waals surface area contributed by atoms with E-state index in [1.54, 1.807) is 17.1 Å². The van der Waals surface area contributed by atoms with Gasteiger partial charge in [-0.15, -0.1) is 0 Å². The predicted octanol–water partition coefficient (Wildman–Crippen LogP) is 5.66. The number of nitrogens with two attached hydrogens (primary N) is 1. The van der Waals surface area contributed by atoms with Crippen LogP contribution >= 0.6 is 0 Å². The molecule has 1 fully saturated rings. The van der Waals surface area contributed by atoms with Gasteiger partial charge in [-0.25, -0.2) is 15.0 Å². The molecular formula is C28H32N6. The van der Waals surface area contributed by atoms with Gasteiger partial charge in [0.05, 0.1) is 18.1 Å². The Labute approximate surface area is 201 Å². The number of aryl methyl sites for hydroxylation is 3. The van der Waals surface area contributed by atoms with E-state index in [9.17, 15) is 0 Å². The molecule has 4 aromatic rings. The lowest BCUT2D eigenvalue weighted by atomic mass is 9.73. The molecule has 6 heteroatoms. The third-order valence-electron chi connectivity index (χ3n) is 6.27. The molecule has 34 heavy (non-hydrogen) atoms. The summed E-state index contributed by atoms with van der Waals surface area (Å²) in [5.74, 6) is 0.719. The highest BCUT2D eigenvalue weighted by Gasteiger charge is 2.33. The molecule has 2 N–H and O–H groups in total. The maximum Gasteiger partial charge on any atom is 0.159 e. The minimum absolute atomic E-state index is 0.00764. The van der Waals surface area contributed by atoms with Gasteiger partial charge in [0.15, 0.2) is 5.82 Å². The van der Waals surface area contributed by atoms with Crippen LogP contribution in [0.25, 0.3) is 11.4 Å². The van der Waals surface area contributed by atoms with Crippen molar-refractivity contribution in [3.63, 3.8) is 0 Å². The summed E-state index contributed by atoms with van der Waals surface area (Å²) in [5.41, 5.74) is 13.3. The topological polar surface area (TPSA) is 82.0 Å². The molecule has 0 aliphatic heterocycles. The molecule has 6 nitrogen and oxygen atoms in total. The van der Waals surface area contributed by atoms with Gasteiger partial charge in [0, 0.05) is 35.6 Å². The standard InChI is InChI=1S/C17H17N5.C11H15N/c1-12(15-9-19-22(3)11-15)20-16-10-18-17(21-13(16)2)14-7-5-4-6-8-14;1-9-3-5-10(6-4-9)11(12)7-2-8-11/h4-11H,1-3H3;3-6H,2,7-8,12H2,1H3. The highest BCUT2D eigenvalue weighted by molar-refractivity contribution is 5.99. The molecule has 0 amide bonds. The second-order valence-corrected chi connectivity index (χ2v) is 9.01. The fraction of sp³-hybridized carbons (Fsp3) is 0.286. The van der Waals surface area contributed by atoms with Gasteiger partial charge < -0.3 is 5.73 Å². The summed E-state index contributed by atoms with van der Waals surface area (Å²) in [6, 6.07) is 18.5. The van der Waals surface area contributed by atoms with Crippen LogP contribution in [-0.4, -0.2) is 25.5 Å². The van der Waals surface area contributed by atoms with Gasteiger partial charge in [0.1, 0.15) is 5.69 Å². The molecule has 174 valence electrons. The molecule has 1 saturated carbocycles. The van der Waals surface area contributed by atoms with E-state index in [0.717, 1.165) is 46.9 Å². The van der Waals surface area contributed by atoms with E-state index >= 15 is 0 Å². The predicted molar refractivity (Wildman–Crippen MR) is 138 cm³/mol. The van der Waals surface area contributed by atoms with Crippen LogP contribution in [0, 0.1) is 13.8 Å². The molecule has 5 rings (SSSR count). The minimum Gasteiger partial charge on any atom is -0.321 e. The van der Waals surface area contributed by atoms with Gasteiger partial charge in [-0.05, 0) is 45.6 Å². The summed E-state index contributed by atoms with van der Waals surface area (Å²) in [4.78, 5) is 13.6. The lowest BCUT2D eigenvalue weighted by Gasteiger charge is -2.38. The SMILES string of the molecule is CC(=Nc1cnc(-c2ccccc2)nc1C)c1cnn(C)c1.Cc1ccc(C2(N)CCC2)cc1. The van der Waals surface area contributed by atoms with E-state index < -0.39 is 0 Å². The van der Waals surface area contributed by atoms with Crippen LogP contribution in [0.3, 0.4) is 0 Å². The minimum atomic E-state index is 0.00764. The zero-order valence-corrected chi connectivity index (χ0v) is 20.4. The summed E-state index contributed by atoms with van der Waals surface area (Å²) in [6.45, 7) is 6.01. The molecule has 0 unspecified atom stereocenters. The van der Waals surface area contributed by atoms with Gasteiger partial charge in [-0.1, -0.05) is 60.2 Å². The molecular weight excluding hydrogens is 420 g/mol. The molecule has 1 aliphatic rings. The lowest BCUT2D eigenvalue weighted by Crippen LogP contribution is -2.43. The average Bonchev–Trinajstić information content (AvgIpc) is 3.27. The number of hydrogen-bond acceptors (Lipinski definition) is 5. The fourth-order valence-corrected chi connectivity index (χ4v) is 3.88. The Balaban J connectivity index is 0.000000192. The molecule has 0 spiro atoms. The Kier molecular flexibility index (Phi) is 6.98. The third kappa shape index (κ3) is 5.46. The summed E-state index contributed by atoms with van der Waals surface area (Å²) in [7, 11) is 1.89. The Morgan fingerprint density at radius 3 is 2.26 bits per heavy atom. The highest BCUT2D eigenvalue weighted by Crippen LogP contribution is 2.38. The fourth-order valence-electron chi connectivity index (χ4n) is 3.88. The first-order valence-corrected chi connectivity index (χ1v) is 11.6. The molecule has 0 atom stereocenters. The average molecular weight is 453 g/mol. The van der Waals surface area contributed by atoms with Crippen molar-refractivity contribution in [2.24, 2.45) is 17.8 Å². The molecule has 1 aliphatic carbocycles. The van der Waals surface area contributed by atoms with Gasteiger partial charge in [0.25, 0.3) is 0 Å². The second-order valence-electron chi connectivity index (χ2n) is 9.01. The van der Waals surface area contributed by atoms with E-state index in [1.807, 2.05) is 57.4 Å². The second kappa shape index (κ2) is 10.1. The lowest BCUT2D eigenvalue weighted by molar-refractivity contribution is 0.253. The number of nitrogens with zero attached hydrogens (tertiary/aromatic N) is 5. The van der Waals surface area contributed by atoms with Gasteiger partial charge in [-0.3, -0.25) is 4.68 Å². The molecule has 2 aromatic carbocycles. The Morgan fingerprint density at radius 1 is 1.00 bits per heavy atom. The maximum atomic E-state index is 6.17. The first-order chi connectivity index (χ1) is 16.3. The monoisotopic (exact) mass is 452 g/mol. The van der Waals surface area contributed by atoms with E-state index in [-0.39, 0.29) is 5.54 Å². The van der Waals surface area contributed by atoms with Crippen molar-refractivity contribution in [2.45, 2.75) is 45.6 Å². The Morgan fingerprint density at radius 2 is 1.71 bits per heavy atom. The smallest absolute Gasteiger partial charge is 0.159 e. The quantitative estimate of drug-likeness (QED) is 0.405. The molecule has 0 bridgehead atoms. The molecule has 2 heterocycles. The zero-order valence-electron chi connectivity index (χ0n) is 20.4. The van der Waals surface area contributed by atoms with Gasteiger partial charge >= 0.3 is 0 Å². The van der Waals surface area contributed by atoms with Crippen molar-refractivity contribution in [1.82, 2.24) is 19.7 Å². The van der Waals surface area contributed by atoms with Crippen molar-refractivity contribution in [1.29, 1.82) is 0 Å². The summed E-state index contributed by atoms with van der Waals surface area (Å²) >= 11 is 0. The Hall–Kier alpha value is -3.64. The van der Waals surface area contributed by atoms with E-state index in [4.69, 9.17) is 5.73 Å². The first kappa shape index (κ1) is 23.5. The largest absolute Gasteiger partial charge is 0.321 e. The van der Waals surface area contributed by atoms with Crippen molar-refractivity contribution >= 4 is 11.4 Å². The van der Waals surface area contributed by atoms with Crippen molar-refractivity contribution in [3.8, 4) is 11.4 Å². The van der Waals surface area contributed by atoms with Gasteiger partial charge in [0.2, 0.25) is 0 Å². The molecule has 0 radical (unpaired) electrons. The number of hydrogen-bond donors (Lipinski definition) is 1. The van der Waals surface area contributed by atoms with Crippen LogP contribution in [0.15, 0.2) is 78.2 Å². The van der Waals surface area contributed by atoms with Crippen molar-refractivity contribution in [2.75, 3.05) is 0 Å². The van der Waals surface area contributed by atoms with Crippen LogP contribution in [0.2, 0.25) is 0 Å². The van der Waals surface area contributed by atoms with Crippen molar-refractivity contribution < 1.29 is 0 Å². The van der Waals surface area contributed by atoms with E-state index in [2.05, 4.69) is 51.2 Å². The van der Waals surface area contributed by atoms with E-state index in [1.165, 1.54) is 17.5 Å². The Bertz CT molecular complexity index is 1270. The van der Waals surface area contributed by atoms with Crippen molar-refractivity contribution in [3.05, 3.63) is 95.6 Å². The van der Waals surface area contributed by atoms with Crippen LogP contribution < -0.4 is 5.73 Å². The number of benzene rings is 2. The zero-order chi connectivity index (χ0) is 24.1. The highest BCUT2D eigenvalue weighted by atomic mass is 15.2. The third-order valence-corrected chi connectivity index (χ3v) is 6.27. The molecule has 0 saturated heterocycles. The number of aliphatic imine (C=N–C) groups is 1. The normalized spacial score (nSPS) is 14.7. The maximum absolute atomic E-state index is 6.17. The van der Waals surface area contributed by atoms with Crippen LogP contribution in [0.5, 0.6) is 0 Å². The first-order valence-electron chi connectivity index (χ1n) is 11.6. The molecule has 2 aromatic heterocycles. The van der Waals surface area contributed by atoms with E-state index in [0.29, 0.717) is 0 Å². The number of aromatic nitrogens is 4. The van der Waals surface area contributed by atoms with Crippen LogP contribution in [0.1, 0.15) is 48.6 Å².